The van der Waals surface area contributed by atoms with Crippen molar-refractivity contribution in [1.82, 2.24) is 9.78 Å². The highest BCUT2D eigenvalue weighted by molar-refractivity contribution is 7.98. The van der Waals surface area contributed by atoms with Gasteiger partial charge in [-0.1, -0.05) is 0 Å². The Morgan fingerprint density at radius 3 is 2.71 bits per heavy atom. The van der Waals surface area contributed by atoms with Crippen LogP contribution in [0.3, 0.4) is 0 Å². The summed E-state index contributed by atoms with van der Waals surface area (Å²) in [6.07, 6.45) is 2.09. The highest BCUT2D eigenvalue weighted by atomic mass is 32.2. The van der Waals surface area contributed by atoms with E-state index in [1.165, 1.54) is 0 Å². The van der Waals surface area contributed by atoms with Gasteiger partial charge < -0.3 is 10.6 Å². The average molecular weight is 255 g/mol. The number of nitrogens with two attached hydrogens (primary N) is 1. The maximum Gasteiger partial charge on any atom is 0.137 e. The van der Waals surface area contributed by atoms with Crippen LogP contribution in [0.4, 0.5) is 5.82 Å². The fourth-order valence-electron chi connectivity index (χ4n) is 1.93. The number of anilines is 1. The molecule has 0 saturated heterocycles. The zero-order valence-electron chi connectivity index (χ0n) is 11.1. The standard InChI is InChI=1S/C11H21N5S/c1-7(6-17-5)15(3)11-9(10(12)13)8(2)14-16(11)4/h7H,6H2,1-5H3,(H3,12,13). The summed E-state index contributed by atoms with van der Waals surface area (Å²) < 4.78 is 1.79. The first-order valence-electron chi connectivity index (χ1n) is 5.49. The zero-order valence-corrected chi connectivity index (χ0v) is 11.9. The molecule has 0 aromatic carbocycles. The Morgan fingerprint density at radius 2 is 2.24 bits per heavy atom. The number of hydrogen-bond acceptors (Lipinski definition) is 4. The Bertz CT molecular complexity index is 412. The van der Waals surface area contributed by atoms with Gasteiger partial charge in [0.15, 0.2) is 0 Å². The molecule has 5 nitrogen and oxygen atoms in total. The summed E-state index contributed by atoms with van der Waals surface area (Å²) in [7, 11) is 3.90. The summed E-state index contributed by atoms with van der Waals surface area (Å²) in [4.78, 5) is 2.13. The first-order valence-corrected chi connectivity index (χ1v) is 6.89. The van der Waals surface area contributed by atoms with E-state index >= 15 is 0 Å². The lowest BCUT2D eigenvalue weighted by Gasteiger charge is -2.27. The molecule has 0 spiro atoms. The number of nitrogens with zero attached hydrogens (tertiary/aromatic N) is 3. The maximum atomic E-state index is 7.66. The van der Waals surface area contributed by atoms with Crippen molar-refractivity contribution in [3.63, 3.8) is 0 Å². The molecule has 6 heteroatoms. The van der Waals surface area contributed by atoms with Crippen LogP contribution in [0, 0.1) is 12.3 Å². The van der Waals surface area contributed by atoms with E-state index < -0.39 is 0 Å². The second kappa shape index (κ2) is 5.44. The highest BCUT2D eigenvalue weighted by Crippen LogP contribution is 2.24. The SMILES string of the molecule is CSCC(C)N(C)c1c(C(=N)N)c(C)nn1C. The summed E-state index contributed by atoms with van der Waals surface area (Å²) in [5, 5.41) is 12.0. The molecular weight excluding hydrogens is 234 g/mol. The van der Waals surface area contributed by atoms with Crippen LogP contribution in [0.1, 0.15) is 18.2 Å². The van der Waals surface area contributed by atoms with Crippen molar-refractivity contribution in [2.24, 2.45) is 12.8 Å². The number of hydrogen-bond donors (Lipinski definition) is 2. The molecule has 3 N–H and O–H groups in total. The first kappa shape index (κ1) is 13.9. The van der Waals surface area contributed by atoms with Crippen molar-refractivity contribution in [2.45, 2.75) is 19.9 Å². The largest absolute Gasteiger partial charge is 0.384 e. The third kappa shape index (κ3) is 2.74. The van der Waals surface area contributed by atoms with E-state index in [4.69, 9.17) is 11.1 Å². The topological polar surface area (TPSA) is 70.9 Å². The molecule has 0 amide bonds. The Labute approximate surface area is 107 Å². The van der Waals surface area contributed by atoms with E-state index in [1.54, 1.807) is 16.4 Å². The Kier molecular flexibility index (Phi) is 4.45. The second-order valence-electron chi connectivity index (χ2n) is 4.24. The molecule has 1 aromatic rings. The Morgan fingerprint density at radius 1 is 1.65 bits per heavy atom. The van der Waals surface area contributed by atoms with Gasteiger partial charge in [0, 0.05) is 25.9 Å². The minimum Gasteiger partial charge on any atom is -0.384 e. The number of rotatable bonds is 5. The second-order valence-corrected chi connectivity index (χ2v) is 5.15. The van der Waals surface area contributed by atoms with Crippen molar-refractivity contribution < 1.29 is 0 Å². The fourth-order valence-corrected chi connectivity index (χ4v) is 2.63. The third-order valence-corrected chi connectivity index (χ3v) is 3.68. The van der Waals surface area contributed by atoms with Crippen LogP contribution in [0.25, 0.3) is 0 Å². The van der Waals surface area contributed by atoms with E-state index in [0.29, 0.717) is 6.04 Å². The predicted octanol–water partition coefficient (Wildman–Crippen LogP) is 1.20. The molecule has 1 unspecified atom stereocenters. The van der Waals surface area contributed by atoms with Crippen LogP contribution in [-0.4, -0.2) is 40.7 Å². The first-order chi connectivity index (χ1) is 7.90. The number of amidine groups is 1. The van der Waals surface area contributed by atoms with E-state index in [9.17, 15) is 0 Å². The average Bonchev–Trinajstić information content (AvgIpc) is 2.52. The minimum absolute atomic E-state index is 0.0776. The monoisotopic (exact) mass is 255 g/mol. The molecule has 0 radical (unpaired) electrons. The fraction of sp³-hybridized carbons (Fsp3) is 0.636. The molecule has 96 valence electrons. The van der Waals surface area contributed by atoms with Crippen LogP contribution in [0.15, 0.2) is 0 Å². The molecule has 1 atom stereocenters. The van der Waals surface area contributed by atoms with Crippen molar-refractivity contribution in [1.29, 1.82) is 5.41 Å². The normalized spacial score (nSPS) is 12.5. The number of aryl methyl sites for hydroxylation is 2. The lowest BCUT2D eigenvalue weighted by atomic mass is 10.2. The minimum atomic E-state index is 0.0776. The van der Waals surface area contributed by atoms with E-state index in [2.05, 4.69) is 23.2 Å². The number of thioether (sulfide) groups is 1. The van der Waals surface area contributed by atoms with Gasteiger partial charge in [-0.3, -0.25) is 10.1 Å². The van der Waals surface area contributed by atoms with Gasteiger partial charge in [0.25, 0.3) is 0 Å². The van der Waals surface area contributed by atoms with Gasteiger partial charge in [-0.15, -0.1) is 0 Å². The molecule has 0 bridgehead atoms. The quantitative estimate of drug-likeness (QED) is 0.612. The van der Waals surface area contributed by atoms with Crippen LogP contribution < -0.4 is 10.6 Å². The lowest BCUT2D eigenvalue weighted by Crippen LogP contribution is -2.34. The van der Waals surface area contributed by atoms with Crippen molar-refractivity contribution in [3.8, 4) is 0 Å². The molecule has 1 aromatic heterocycles. The Hall–Kier alpha value is -1.17. The summed E-state index contributed by atoms with van der Waals surface area (Å²) >= 11 is 1.80. The number of nitrogens with one attached hydrogen (secondary N) is 1. The van der Waals surface area contributed by atoms with Crippen molar-refractivity contribution in [2.75, 3.05) is 24.0 Å². The van der Waals surface area contributed by atoms with Crippen LogP contribution in [0.5, 0.6) is 0 Å². The predicted molar refractivity (Wildman–Crippen MR) is 75.2 cm³/mol. The van der Waals surface area contributed by atoms with Crippen LogP contribution >= 0.6 is 11.8 Å². The summed E-state index contributed by atoms with van der Waals surface area (Å²) in [5.74, 6) is 2.02. The van der Waals surface area contributed by atoms with E-state index in [-0.39, 0.29) is 5.84 Å². The van der Waals surface area contributed by atoms with Gasteiger partial charge in [0.1, 0.15) is 11.7 Å². The van der Waals surface area contributed by atoms with E-state index in [1.807, 2.05) is 21.0 Å². The number of aromatic nitrogens is 2. The molecule has 0 aliphatic heterocycles. The van der Waals surface area contributed by atoms with Gasteiger partial charge in [-0.05, 0) is 20.1 Å². The van der Waals surface area contributed by atoms with Crippen LogP contribution in [-0.2, 0) is 7.05 Å². The third-order valence-electron chi connectivity index (χ3n) is 2.86. The van der Waals surface area contributed by atoms with Gasteiger partial charge in [0.2, 0.25) is 0 Å². The zero-order chi connectivity index (χ0) is 13.2. The smallest absolute Gasteiger partial charge is 0.137 e. The summed E-state index contributed by atoms with van der Waals surface area (Å²) in [6, 6.07) is 0.373. The lowest BCUT2D eigenvalue weighted by molar-refractivity contribution is 0.686. The van der Waals surface area contributed by atoms with Gasteiger partial charge in [-0.2, -0.15) is 16.9 Å². The highest BCUT2D eigenvalue weighted by Gasteiger charge is 2.21. The molecule has 1 heterocycles. The van der Waals surface area contributed by atoms with Crippen molar-refractivity contribution >= 4 is 23.4 Å². The molecule has 17 heavy (non-hydrogen) atoms. The van der Waals surface area contributed by atoms with Gasteiger partial charge >= 0.3 is 0 Å². The molecular formula is C11H21N5S. The maximum absolute atomic E-state index is 7.66. The Balaban J connectivity index is 3.16. The van der Waals surface area contributed by atoms with Crippen LogP contribution in [0.2, 0.25) is 0 Å². The number of nitrogen functional groups attached to an aromatic ring is 1. The van der Waals surface area contributed by atoms with E-state index in [0.717, 1.165) is 22.8 Å². The van der Waals surface area contributed by atoms with Gasteiger partial charge in [-0.25, -0.2) is 0 Å². The van der Waals surface area contributed by atoms with Crippen molar-refractivity contribution in [3.05, 3.63) is 11.3 Å². The van der Waals surface area contributed by atoms with Gasteiger partial charge in [0.05, 0.1) is 11.3 Å². The molecule has 0 aliphatic rings. The summed E-state index contributed by atoms with van der Waals surface area (Å²) in [5.41, 5.74) is 7.18. The molecule has 0 saturated carbocycles. The molecule has 0 fully saturated rings. The summed E-state index contributed by atoms with van der Waals surface area (Å²) in [6.45, 7) is 4.04. The molecule has 0 aliphatic carbocycles. The molecule has 1 rings (SSSR count).